The molecule has 4 nitrogen and oxygen atoms in total. The Morgan fingerprint density at radius 1 is 1.53 bits per heavy atom. The van der Waals surface area contributed by atoms with Crippen LogP contribution in [0.4, 0.5) is 5.82 Å². The van der Waals surface area contributed by atoms with E-state index in [-0.39, 0.29) is 0 Å². The van der Waals surface area contributed by atoms with Crippen LogP contribution < -0.4 is 10.4 Å². The van der Waals surface area contributed by atoms with Crippen LogP contribution in [0, 0.1) is 6.92 Å². The fourth-order valence-corrected chi connectivity index (χ4v) is 1.64. The molecule has 1 fully saturated rings. The molecular weight excluding hydrogens is 188 g/mol. The van der Waals surface area contributed by atoms with E-state index in [0.29, 0.717) is 0 Å². The van der Waals surface area contributed by atoms with Crippen molar-refractivity contribution in [1.82, 2.24) is 10.4 Å². The van der Waals surface area contributed by atoms with Crippen LogP contribution >= 0.6 is 0 Å². The van der Waals surface area contributed by atoms with E-state index < -0.39 is 0 Å². The number of pyridine rings is 1. The molecule has 1 aromatic rings. The lowest BCUT2D eigenvalue weighted by Crippen LogP contribution is -2.33. The van der Waals surface area contributed by atoms with Crippen molar-refractivity contribution in [3.05, 3.63) is 23.9 Å². The van der Waals surface area contributed by atoms with Gasteiger partial charge in [-0.25, -0.2) is 4.98 Å². The first-order valence-electron chi connectivity index (χ1n) is 5.31. The van der Waals surface area contributed by atoms with E-state index in [0.717, 1.165) is 36.9 Å². The number of amidine groups is 1. The Kier molecular flexibility index (Phi) is 2.85. The van der Waals surface area contributed by atoms with Crippen LogP contribution in [0.15, 0.2) is 23.2 Å². The Morgan fingerprint density at radius 3 is 3.13 bits per heavy atom. The lowest BCUT2D eigenvalue weighted by Gasteiger charge is -2.16. The van der Waals surface area contributed by atoms with Gasteiger partial charge in [-0.2, -0.15) is 0 Å². The van der Waals surface area contributed by atoms with Gasteiger partial charge in [0.15, 0.2) is 0 Å². The van der Waals surface area contributed by atoms with Crippen LogP contribution in [0.5, 0.6) is 0 Å². The number of hydrogen-bond donors (Lipinski definition) is 1. The molecule has 0 amide bonds. The normalized spacial score (nSPS) is 18.3. The lowest BCUT2D eigenvalue weighted by atomic mass is 10.3. The predicted octanol–water partition coefficient (Wildman–Crippen LogP) is 1.52. The Labute approximate surface area is 90.0 Å². The van der Waals surface area contributed by atoms with Gasteiger partial charge in [-0.15, -0.1) is 0 Å². The fourth-order valence-electron chi connectivity index (χ4n) is 1.64. The molecule has 0 saturated carbocycles. The zero-order chi connectivity index (χ0) is 10.7. The van der Waals surface area contributed by atoms with Crippen LogP contribution in [0.25, 0.3) is 0 Å². The minimum atomic E-state index is 0.831. The molecule has 2 heterocycles. The van der Waals surface area contributed by atoms with E-state index >= 15 is 0 Å². The largest absolute Gasteiger partial charge is 0.284 e. The molecule has 1 aliphatic rings. The summed E-state index contributed by atoms with van der Waals surface area (Å²) in [7, 11) is 0. The van der Waals surface area contributed by atoms with E-state index in [9.17, 15) is 0 Å². The van der Waals surface area contributed by atoms with E-state index in [4.69, 9.17) is 0 Å². The summed E-state index contributed by atoms with van der Waals surface area (Å²) in [6.07, 6.45) is 0.976. The highest BCUT2D eigenvalue weighted by Gasteiger charge is 2.17. The van der Waals surface area contributed by atoms with Gasteiger partial charge in [0.05, 0.1) is 0 Å². The van der Waals surface area contributed by atoms with Crippen molar-refractivity contribution in [3.63, 3.8) is 0 Å². The van der Waals surface area contributed by atoms with E-state index in [2.05, 4.69) is 15.4 Å². The van der Waals surface area contributed by atoms with E-state index in [1.165, 1.54) is 0 Å². The summed E-state index contributed by atoms with van der Waals surface area (Å²) in [6.45, 7) is 5.82. The predicted molar refractivity (Wildman–Crippen MR) is 62.0 cm³/mol. The number of aliphatic imine (C=N–C) groups is 1. The topological polar surface area (TPSA) is 40.5 Å². The Bertz CT molecular complexity index is 373. The van der Waals surface area contributed by atoms with Crippen molar-refractivity contribution in [2.45, 2.75) is 20.3 Å². The van der Waals surface area contributed by atoms with Crippen molar-refractivity contribution < 1.29 is 0 Å². The molecule has 0 spiro atoms. The Hall–Kier alpha value is -1.58. The second-order valence-corrected chi connectivity index (χ2v) is 3.57. The van der Waals surface area contributed by atoms with Gasteiger partial charge in [0.2, 0.25) is 0 Å². The first-order chi connectivity index (χ1) is 7.29. The molecule has 0 aromatic carbocycles. The maximum Gasteiger partial charge on any atom is 0.147 e. The molecule has 1 N–H and O–H groups in total. The quantitative estimate of drug-likeness (QED) is 0.794. The number of hydrogen-bond acceptors (Lipinski definition) is 3. The summed E-state index contributed by atoms with van der Waals surface area (Å²) < 4.78 is 0. The molecule has 0 radical (unpaired) electrons. The molecule has 15 heavy (non-hydrogen) atoms. The van der Waals surface area contributed by atoms with Gasteiger partial charge < -0.3 is 0 Å². The van der Waals surface area contributed by atoms with Crippen LogP contribution in [-0.2, 0) is 0 Å². The van der Waals surface area contributed by atoms with Crippen molar-refractivity contribution in [1.29, 1.82) is 0 Å². The lowest BCUT2D eigenvalue weighted by molar-refractivity contribution is 0.831. The number of anilines is 1. The van der Waals surface area contributed by atoms with Gasteiger partial charge in [-0.05, 0) is 26.0 Å². The van der Waals surface area contributed by atoms with Crippen molar-refractivity contribution >= 4 is 11.7 Å². The van der Waals surface area contributed by atoms with Gasteiger partial charge in [0.25, 0.3) is 0 Å². The number of rotatable bonds is 2. The maximum absolute atomic E-state index is 4.46. The molecule has 0 atom stereocenters. The second kappa shape index (κ2) is 4.29. The monoisotopic (exact) mass is 204 g/mol. The summed E-state index contributed by atoms with van der Waals surface area (Å²) in [4.78, 5) is 8.82. The van der Waals surface area contributed by atoms with Gasteiger partial charge in [-0.1, -0.05) is 6.07 Å². The average Bonchev–Trinajstić information content (AvgIpc) is 2.67. The molecule has 1 aromatic heterocycles. The summed E-state index contributed by atoms with van der Waals surface area (Å²) in [5, 5.41) is 2.04. The Balaban J connectivity index is 2.11. The van der Waals surface area contributed by atoms with Crippen LogP contribution in [0.2, 0.25) is 0 Å². The molecule has 2 rings (SSSR count). The molecule has 1 aliphatic heterocycles. The van der Waals surface area contributed by atoms with Crippen molar-refractivity contribution in [2.24, 2.45) is 4.99 Å². The molecule has 0 aliphatic carbocycles. The molecule has 80 valence electrons. The van der Waals surface area contributed by atoms with Crippen molar-refractivity contribution in [3.8, 4) is 0 Å². The van der Waals surface area contributed by atoms with Gasteiger partial charge in [0.1, 0.15) is 11.7 Å². The van der Waals surface area contributed by atoms with Crippen LogP contribution in [0.3, 0.4) is 0 Å². The molecule has 0 bridgehead atoms. The number of hydrazine groups is 1. The van der Waals surface area contributed by atoms with Crippen molar-refractivity contribution in [2.75, 3.05) is 18.1 Å². The minimum absolute atomic E-state index is 0.831. The summed E-state index contributed by atoms with van der Waals surface area (Å²) in [6, 6.07) is 6.03. The highest BCUT2D eigenvalue weighted by atomic mass is 15.6. The first kappa shape index (κ1) is 9.96. The standard InChI is InChI=1S/C11H16N4/c1-3-12-10-7-8-15(14-10)11-6-4-5-9(2)13-11/h4-6H,3,7-8H2,1-2H3,(H,12,14). The molecule has 0 unspecified atom stereocenters. The number of aryl methyl sites for hydroxylation is 1. The number of nitrogens with one attached hydrogen (secondary N) is 1. The summed E-state index contributed by atoms with van der Waals surface area (Å²) >= 11 is 0. The highest BCUT2D eigenvalue weighted by Crippen LogP contribution is 2.13. The third-order valence-electron chi connectivity index (χ3n) is 2.34. The average molecular weight is 204 g/mol. The Morgan fingerprint density at radius 2 is 2.40 bits per heavy atom. The third-order valence-corrected chi connectivity index (χ3v) is 2.34. The van der Waals surface area contributed by atoms with Crippen LogP contribution in [-0.4, -0.2) is 23.9 Å². The summed E-state index contributed by atoms with van der Waals surface area (Å²) in [5.41, 5.74) is 4.29. The fraction of sp³-hybridized carbons (Fsp3) is 0.455. The van der Waals surface area contributed by atoms with Gasteiger partial charge >= 0.3 is 0 Å². The smallest absolute Gasteiger partial charge is 0.147 e. The first-order valence-corrected chi connectivity index (χ1v) is 5.31. The molecule has 1 saturated heterocycles. The van der Waals surface area contributed by atoms with E-state index in [1.54, 1.807) is 0 Å². The SMILES string of the molecule is CCN=C1CCN(c2cccc(C)n2)N1. The highest BCUT2D eigenvalue weighted by molar-refractivity contribution is 5.86. The zero-order valence-electron chi connectivity index (χ0n) is 9.20. The second-order valence-electron chi connectivity index (χ2n) is 3.57. The minimum Gasteiger partial charge on any atom is -0.284 e. The van der Waals surface area contributed by atoms with Crippen LogP contribution in [0.1, 0.15) is 19.0 Å². The zero-order valence-corrected chi connectivity index (χ0v) is 9.20. The number of aromatic nitrogens is 1. The molecular formula is C11H16N4. The molecule has 4 heteroatoms. The van der Waals surface area contributed by atoms with E-state index in [1.807, 2.05) is 37.1 Å². The van der Waals surface area contributed by atoms with Gasteiger partial charge in [0, 0.05) is 25.2 Å². The third kappa shape index (κ3) is 2.26. The summed E-state index contributed by atoms with van der Waals surface area (Å²) in [5.74, 6) is 2.03. The van der Waals surface area contributed by atoms with Gasteiger partial charge in [-0.3, -0.25) is 15.4 Å². The number of nitrogens with zero attached hydrogens (tertiary/aromatic N) is 3. The maximum atomic E-state index is 4.46.